The first-order valence-electron chi connectivity index (χ1n) is 5.05. The topological polar surface area (TPSA) is 35.0 Å². The van der Waals surface area contributed by atoms with E-state index in [2.05, 4.69) is 10.2 Å². The normalized spacial score (nSPS) is 11.3. The van der Waals surface area contributed by atoms with Gasteiger partial charge in [0, 0.05) is 5.56 Å². The summed E-state index contributed by atoms with van der Waals surface area (Å²) in [5.74, 6) is 0.275. The number of nitrogens with zero attached hydrogens (tertiary/aromatic N) is 2. The minimum Gasteiger partial charge on any atom is -0.479 e. The molecule has 0 saturated carbocycles. The van der Waals surface area contributed by atoms with Gasteiger partial charge in [-0.15, -0.1) is 5.10 Å². The first-order valence-corrected chi connectivity index (χ1v) is 5.05. The fraction of sp³-hybridized carbons (Fsp3) is 0.167. The van der Waals surface area contributed by atoms with E-state index in [-0.39, 0.29) is 5.88 Å². The van der Waals surface area contributed by atoms with Crippen LogP contribution in [0.3, 0.4) is 0 Å². The summed E-state index contributed by atoms with van der Waals surface area (Å²) in [7, 11) is 1.43. The highest BCUT2D eigenvalue weighted by Gasteiger charge is 2.30. The van der Waals surface area contributed by atoms with Crippen LogP contribution in [0.15, 0.2) is 36.5 Å². The number of alkyl halides is 3. The Morgan fingerprint density at radius 1 is 1.06 bits per heavy atom. The van der Waals surface area contributed by atoms with Gasteiger partial charge in [0.05, 0.1) is 18.9 Å². The van der Waals surface area contributed by atoms with Crippen LogP contribution in [0.2, 0.25) is 0 Å². The SMILES string of the molecule is COc1nnccc1-c1ccc(C(F)(F)F)cc1. The first kappa shape index (κ1) is 12.3. The molecule has 0 spiro atoms. The predicted molar refractivity (Wildman–Crippen MR) is 59.0 cm³/mol. The Balaban J connectivity index is 2.41. The highest BCUT2D eigenvalue weighted by atomic mass is 19.4. The van der Waals surface area contributed by atoms with Crippen LogP contribution >= 0.6 is 0 Å². The molecule has 3 nitrogen and oxygen atoms in total. The molecule has 0 bridgehead atoms. The van der Waals surface area contributed by atoms with Crippen LogP contribution in [-0.2, 0) is 6.18 Å². The monoisotopic (exact) mass is 254 g/mol. The van der Waals surface area contributed by atoms with Gasteiger partial charge in [-0.3, -0.25) is 0 Å². The molecule has 0 radical (unpaired) electrons. The number of halogens is 3. The van der Waals surface area contributed by atoms with Crippen molar-refractivity contribution in [3.63, 3.8) is 0 Å². The largest absolute Gasteiger partial charge is 0.479 e. The lowest BCUT2D eigenvalue weighted by molar-refractivity contribution is -0.137. The lowest BCUT2D eigenvalue weighted by atomic mass is 10.1. The minimum atomic E-state index is -4.33. The second-order valence-corrected chi connectivity index (χ2v) is 3.53. The third kappa shape index (κ3) is 2.42. The lowest BCUT2D eigenvalue weighted by Crippen LogP contribution is -2.04. The molecule has 0 amide bonds. The summed E-state index contributed by atoms with van der Waals surface area (Å²) in [4.78, 5) is 0. The van der Waals surface area contributed by atoms with Gasteiger partial charge in [0.25, 0.3) is 0 Å². The average Bonchev–Trinajstić information content (AvgIpc) is 2.38. The lowest BCUT2D eigenvalue weighted by Gasteiger charge is -2.09. The fourth-order valence-electron chi connectivity index (χ4n) is 1.53. The van der Waals surface area contributed by atoms with E-state index in [1.165, 1.54) is 25.4 Å². The van der Waals surface area contributed by atoms with Gasteiger partial charge in [0.15, 0.2) is 0 Å². The van der Waals surface area contributed by atoms with E-state index in [9.17, 15) is 13.2 Å². The predicted octanol–water partition coefficient (Wildman–Crippen LogP) is 3.17. The fourth-order valence-corrected chi connectivity index (χ4v) is 1.53. The molecule has 1 aromatic heterocycles. The maximum atomic E-state index is 12.4. The summed E-state index contributed by atoms with van der Waals surface area (Å²) in [6, 6.07) is 6.43. The Morgan fingerprint density at radius 2 is 1.72 bits per heavy atom. The summed E-state index contributed by atoms with van der Waals surface area (Å²) in [5.41, 5.74) is 0.503. The number of ether oxygens (including phenoxy) is 1. The van der Waals surface area contributed by atoms with Crippen molar-refractivity contribution in [1.29, 1.82) is 0 Å². The van der Waals surface area contributed by atoms with Crippen LogP contribution in [0.25, 0.3) is 11.1 Å². The van der Waals surface area contributed by atoms with Crippen molar-refractivity contribution in [2.45, 2.75) is 6.18 Å². The van der Waals surface area contributed by atoms with Crippen LogP contribution in [0.1, 0.15) is 5.56 Å². The summed E-state index contributed by atoms with van der Waals surface area (Å²) < 4.78 is 42.3. The van der Waals surface area contributed by atoms with E-state index in [0.717, 1.165) is 12.1 Å². The maximum Gasteiger partial charge on any atom is 0.416 e. The molecule has 0 saturated heterocycles. The zero-order chi connectivity index (χ0) is 13.2. The summed E-state index contributed by atoms with van der Waals surface area (Å²) in [6.07, 6.45) is -2.88. The molecule has 0 aliphatic carbocycles. The van der Waals surface area contributed by atoms with Crippen molar-refractivity contribution in [3.8, 4) is 17.0 Å². The molecular weight excluding hydrogens is 245 g/mol. The first-order chi connectivity index (χ1) is 8.52. The van der Waals surface area contributed by atoms with Crippen LogP contribution in [0.5, 0.6) is 5.88 Å². The van der Waals surface area contributed by atoms with Gasteiger partial charge in [-0.2, -0.15) is 18.3 Å². The zero-order valence-corrected chi connectivity index (χ0v) is 9.40. The molecule has 18 heavy (non-hydrogen) atoms. The van der Waals surface area contributed by atoms with E-state index in [0.29, 0.717) is 11.1 Å². The van der Waals surface area contributed by atoms with Gasteiger partial charge in [-0.25, -0.2) is 0 Å². The van der Waals surface area contributed by atoms with Gasteiger partial charge < -0.3 is 4.74 Å². The standard InChI is InChI=1S/C12H9F3N2O/c1-18-11-10(6-7-16-17-11)8-2-4-9(5-3-8)12(13,14)15/h2-7H,1H3. The van der Waals surface area contributed by atoms with Crippen molar-refractivity contribution >= 4 is 0 Å². The van der Waals surface area contributed by atoms with E-state index < -0.39 is 11.7 Å². The molecule has 2 rings (SSSR count). The second-order valence-electron chi connectivity index (χ2n) is 3.53. The van der Waals surface area contributed by atoms with E-state index in [4.69, 9.17) is 4.74 Å². The number of hydrogen-bond donors (Lipinski definition) is 0. The Bertz CT molecular complexity index is 538. The van der Waals surface area contributed by atoms with Crippen molar-refractivity contribution < 1.29 is 17.9 Å². The number of rotatable bonds is 2. The highest BCUT2D eigenvalue weighted by Crippen LogP contribution is 2.32. The third-order valence-electron chi connectivity index (χ3n) is 2.40. The zero-order valence-electron chi connectivity index (χ0n) is 9.40. The molecule has 1 heterocycles. The Kier molecular flexibility index (Phi) is 3.18. The third-order valence-corrected chi connectivity index (χ3v) is 2.40. The molecule has 0 aliphatic heterocycles. The molecule has 0 N–H and O–H groups in total. The van der Waals surface area contributed by atoms with E-state index in [1.54, 1.807) is 6.07 Å². The molecule has 0 fully saturated rings. The second kappa shape index (κ2) is 4.64. The number of benzene rings is 1. The highest BCUT2D eigenvalue weighted by molar-refractivity contribution is 5.68. The summed E-state index contributed by atoms with van der Waals surface area (Å²) >= 11 is 0. The molecule has 1 aromatic carbocycles. The molecule has 6 heteroatoms. The average molecular weight is 254 g/mol. The summed E-state index contributed by atoms with van der Waals surface area (Å²) in [6.45, 7) is 0. The van der Waals surface area contributed by atoms with Crippen molar-refractivity contribution in [3.05, 3.63) is 42.1 Å². The molecule has 0 unspecified atom stereocenters. The van der Waals surface area contributed by atoms with Gasteiger partial charge in [0.1, 0.15) is 0 Å². The smallest absolute Gasteiger partial charge is 0.416 e. The Morgan fingerprint density at radius 3 is 2.28 bits per heavy atom. The minimum absolute atomic E-state index is 0.275. The summed E-state index contributed by atoms with van der Waals surface area (Å²) in [5, 5.41) is 7.39. The van der Waals surface area contributed by atoms with Crippen molar-refractivity contribution in [2.24, 2.45) is 0 Å². The van der Waals surface area contributed by atoms with Gasteiger partial charge >= 0.3 is 6.18 Å². The van der Waals surface area contributed by atoms with Crippen LogP contribution in [-0.4, -0.2) is 17.3 Å². The van der Waals surface area contributed by atoms with E-state index in [1.807, 2.05) is 0 Å². The van der Waals surface area contributed by atoms with Gasteiger partial charge in [-0.05, 0) is 23.8 Å². The van der Waals surface area contributed by atoms with Crippen molar-refractivity contribution in [1.82, 2.24) is 10.2 Å². The van der Waals surface area contributed by atoms with E-state index >= 15 is 0 Å². The molecule has 94 valence electrons. The molecule has 2 aromatic rings. The maximum absolute atomic E-state index is 12.4. The molecule has 0 atom stereocenters. The van der Waals surface area contributed by atoms with Crippen LogP contribution in [0, 0.1) is 0 Å². The number of hydrogen-bond acceptors (Lipinski definition) is 3. The number of methoxy groups -OCH3 is 1. The molecular formula is C12H9F3N2O. The number of aromatic nitrogens is 2. The van der Waals surface area contributed by atoms with Gasteiger partial charge in [0.2, 0.25) is 5.88 Å². The Labute approximate surface area is 101 Å². The molecule has 0 aliphatic rings. The quantitative estimate of drug-likeness (QED) is 0.825. The van der Waals surface area contributed by atoms with Crippen LogP contribution < -0.4 is 4.74 Å². The van der Waals surface area contributed by atoms with Crippen molar-refractivity contribution in [2.75, 3.05) is 7.11 Å². The van der Waals surface area contributed by atoms with Gasteiger partial charge in [-0.1, -0.05) is 12.1 Å². The van der Waals surface area contributed by atoms with Crippen LogP contribution in [0.4, 0.5) is 13.2 Å². The Hall–Kier alpha value is -2.11.